The van der Waals surface area contributed by atoms with Crippen molar-refractivity contribution in [3.8, 4) is 5.69 Å². The van der Waals surface area contributed by atoms with Crippen molar-refractivity contribution in [1.82, 2.24) is 9.78 Å². The van der Waals surface area contributed by atoms with E-state index in [4.69, 9.17) is 5.11 Å². The molecule has 0 aliphatic carbocycles. The molecule has 4 nitrogen and oxygen atoms in total. The minimum atomic E-state index is 0.0578. The summed E-state index contributed by atoms with van der Waals surface area (Å²) >= 11 is 0. The third-order valence-electron chi connectivity index (χ3n) is 3.13. The molecular weight excluding hydrogens is 250 g/mol. The smallest absolute Gasteiger partial charge is 0.0682 e. The maximum atomic E-state index is 8.80. The summed E-state index contributed by atoms with van der Waals surface area (Å²) < 4.78 is 1.90. The van der Waals surface area contributed by atoms with Crippen molar-refractivity contribution in [3.05, 3.63) is 42.2 Å². The van der Waals surface area contributed by atoms with E-state index in [0.717, 1.165) is 30.0 Å². The average Bonchev–Trinajstić information content (AvgIpc) is 2.89. The van der Waals surface area contributed by atoms with Crippen LogP contribution in [0.4, 0.5) is 5.69 Å². The molecule has 0 atom stereocenters. The molecule has 0 radical (unpaired) electrons. The first kappa shape index (κ1) is 14.6. The molecule has 0 unspecified atom stereocenters. The minimum absolute atomic E-state index is 0.0578. The Kier molecular flexibility index (Phi) is 4.45. The maximum absolute atomic E-state index is 8.80. The quantitative estimate of drug-likeness (QED) is 0.823. The first-order chi connectivity index (χ1) is 9.50. The number of nitrogens with zero attached hydrogens (tertiary/aromatic N) is 2. The Labute approximate surface area is 120 Å². The Balaban J connectivity index is 2.16. The summed E-state index contributed by atoms with van der Waals surface area (Å²) in [5.41, 5.74) is 3.22. The molecule has 0 aliphatic heterocycles. The number of aliphatic hydroxyl groups is 1. The van der Waals surface area contributed by atoms with Gasteiger partial charge in [0.2, 0.25) is 0 Å². The second-order valence-electron chi connectivity index (χ2n) is 5.95. The lowest BCUT2D eigenvalue weighted by Gasteiger charge is -2.14. The lowest BCUT2D eigenvalue weighted by atomic mass is 9.93. The van der Waals surface area contributed by atoms with Crippen LogP contribution in [0.3, 0.4) is 0 Å². The zero-order valence-corrected chi connectivity index (χ0v) is 12.4. The van der Waals surface area contributed by atoms with Gasteiger partial charge in [0.1, 0.15) is 0 Å². The molecule has 2 N–H and O–H groups in total. The third kappa shape index (κ3) is 3.61. The normalized spacial score (nSPS) is 11.6. The molecular formula is C16H23N3O. The van der Waals surface area contributed by atoms with Gasteiger partial charge in [0.15, 0.2) is 0 Å². The van der Waals surface area contributed by atoms with Gasteiger partial charge < -0.3 is 10.4 Å². The second-order valence-corrected chi connectivity index (χ2v) is 5.95. The highest BCUT2D eigenvalue weighted by molar-refractivity contribution is 5.50. The van der Waals surface area contributed by atoms with Crippen molar-refractivity contribution in [1.29, 1.82) is 0 Å². The highest BCUT2D eigenvalue weighted by Gasteiger charge is 2.16. The van der Waals surface area contributed by atoms with Crippen LogP contribution < -0.4 is 5.32 Å². The minimum Gasteiger partial charge on any atom is -0.396 e. The van der Waals surface area contributed by atoms with E-state index in [2.05, 4.69) is 43.3 Å². The monoisotopic (exact) mass is 273 g/mol. The fourth-order valence-electron chi connectivity index (χ4n) is 1.94. The summed E-state index contributed by atoms with van der Waals surface area (Å²) in [6.07, 6.45) is 2.74. The van der Waals surface area contributed by atoms with Crippen molar-refractivity contribution in [3.63, 3.8) is 0 Å². The van der Waals surface area contributed by atoms with Crippen molar-refractivity contribution in [2.45, 2.75) is 32.6 Å². The van der Waals surface area contributed by atoms with E-state index in [0.29, 0.717) is 0 Å². The van der Waals surface area contributed by atoms with Crippen LogP contribution in [0.1, 0.15) is 32.9 Å². The predicted molar refractivity (Wildman–Crippen MR) is 82.5 cm³/mol. The first-order valence-corrected chi connectivity index (χ1v) is 7.02. The molecule has 1 heterocycles. The average molecular weight is 273 g/mol. The Hall–Kier alpha value is -1.81. The number of aromatic nitrogens is 2. The van der Waals surface area contributed by atoms with E-state index in [1.54, 1.807) is 0 Å². The molecule has 108 valence electrons. The lowest BCUT2D eigenvalue weighted by molar-refractivity contribution is 0.292. The van der Waals surface area contributed by atoms with Gasteiger partial charge in [-0.15, -0.1) is 0 Å². The van der Waals surface area contributed by atoms with Crippen LogP contribution >= 0.6 is 0 Å². The zero-order valence-electron chi connectivity index (χ0n) is 12.4. The molecule has 0 aliphatic rings. The van der Waals surface area contributed by atoms with E-state index in [9.17, 15) is 0 Å². The predicted octanol–water partition coefficient (Wildman–Crippen LogP) is 2.96. The van der Waals surface area contributed by atoms with Crippen molar-refractivity contribution >= 4 is 5.69 Å². The van der Waals surface area contributed by atoms with Gasteiger partial charge in [-0.05, 0) is 30.7 Å². The van der Waals surface area contributed by atoms with Crippen molar-refractivity contribution in [2.75, 3.05) is 18.5 Å². The Bertz CT molecular complexity index is 555. The van der Waals surface area contributed by atoms with Crippen LogP contribution in [-0.2, 0) is 5.41 Å². The molecule has 2 aromatic rings. The zero-order chi connectivity index (χ0) is 14.6. The van der Waals surface area contributed by atoms with E-state index >= 15 is 0 Å². The molecule has 0 fully saturated rings. The fraction of sp³-hybridized carbons (Fsp3) is 0.438. The molecule has 0 bridgehead atoms. The summed E-state index contributed by atoms with van der Waals surface area (Å²) in [6, 6.07) is 10.2. The van der Waals surface area contributed by atoms with Crippen LogP contribution in [-0.4, -0.2) is 28.0 Å². The largest absolute Gasteiger partial charge is 0.396 e. The van der Waals surface area contributed by atoms with E-state index < -0.39 is 0 Å². The van der Waals surface area contributed by atoms with Gasteiger partial charge in [0.05, 0.1) is 11.4 Å². The van der Waals surface area contributed by atoms with Gasteiger partial charge in [-0.2, -0.15) is 5.10 Å². The van der Waals surface area contributed by atoms with Gasteiger partial charge in [-0.25, -0.2) is 4.68 Å². The summed E-state index contributed by atoms with van der Waals surface area (Å²) in [5, 5.41) is 16.7. The van der Waals surface area contributed by atoms with Crippen molar-refractivity contribution in [2.24, 2.45) is 0 Å². The summed E-state index contributed by atoms with van der Waals surface area (Å²) in [5.74, 6) is 0. The Morgan fingerprint density at radius 3 is 2.70 bits per heavy atom. The van der Waals surface area contributed by atoms with Crippen LogP contribution in [0.15, 0.2) is 36.5 Å². The van der Waals surface area contributed by atoms with E-state index in [-0.39, 0.29) is 12.0 Å². The van der Waals surface area contributed by atoms with E-state index in [1.165, 1.54) is 0 Å². The number of rotatable bonds is 5. The first-order valence-electron chi connectivity index (χ1n) is 7.02. The number of hydrogen-bond donors (Lipinski definition) is 2. The highest BCUT2D eigenvalue weighted by atomic mass is 16.3. The number of aliphatic hydroxyl groups excluding tert-OH is 1. The van der Waals surface area contributed by atoms with Gasteiger partial charge in [0, 0.05) is 30.5 Å². The topological polar surface area (TPSA) is 50.1 Å². The molecule has 0 amide bonds. The molecule has 20 heavy (non-hydrogen) atoms. The second kappa shape index (κ2) is 6.09. The summed E-state index contributed by atoms with van der Waals surface area (Å²) in [4.78, 5) is 0. The molecule has 0 spiro atoms. The Morgan fingerprint density at radius 1 is 1.25 bits per heavy atom. The highest BCUT2D eigenvalue weighted by Crippen LogP contribution is 2.21. The van der Waals surface area contributed by atoms with Gasteiger partial charge in [0.25, 0.3) is 0 Å². The van der Waals surface area contributed by atoms with Crippen LogP contribution in [0.2, 0.25) is 0 Å². The van der Waals surface area contributed by atoms with Gasteiger partial charge >= 0.3 is 0 Å². The maximum Gasteiger partial charge on any atom is 0.0682 e. The molecule has 2 rings (SSSR count). The molecule has 0 saturated carbocycles. The van der Waals surface area contributed by atoms with Crippen LogP contribution in [0.5, 0.6) is 0 Å². The molecule has 1 aromatic carbocycles. The SMILES string of the molecule is CC(C)(C)c1ccn(-c2cccc(NCCCO)c2)n1. The summed E-state index contributed by atoms with van der Waals surface area (Å²) in [6.45, 7) is 7.46. The standard InChI is InChI=1S/C16H23N3O/c1-16(2,3)15-8-10-19(18-15)14-7-4-6-13(12-14)17-9-5-11-20/h4,6-8,10,12,17,20H,5,9,11H2,1-3H3. The van der Waals surface area contributed by atoms with Crippen LogP contribution in [0, 0.1) is 0 Å². The van der Waals surface area contributed by atoms with Crippen LogP contribution in [0.25, 0.3) is 5.69 Å². The number of hydrogen-bond acceptors (Lipinski definition) is 3. The molecule has 4 heteroatoms. The molecule has 1 aromatic heterocycles. The number of nitrogens with one attached hydrogen (secondary N) is 1. The fourth-order valence-corrected chi connectivity index (χ4v) is 1.94. The third-order valence-corrected chi connectivity index (χ3v) is 3.13. The summed E-state index contributed by atoms with van der Waals surface area (Å²) in [7, 11) is 0. The van der Waals surface area contributed by atoms with Crippen molar-refractivity contribution < 1.29 is 5.11 Å². The van der Waals surface area contributed by atoms with Gasteiger partial charge in [-0.3, -0.25) is 0 Å². The number of benzene rings is 1. The Morgan fingerprint density at radius 2 is 2.05 bits per heavy atom. The molecule has 0 saturated heterocycles. The van der Waals surface area contributed by atoms with Gasteiger partial charge in [-0.1, -0.05) is 26.8 Å². The lowest BCUT2D eigenvalue weighted by Crippen LogP contribution is -2.12. The van der Waals surface area contributed by atoms with E-state index in [1.807, 2.05) is 29.1 Å². The number of anilines is 1.